The van der Waals surface area contributed by atoms with Crippen LogP contribution in [-0.2, 0) is 30.3 Å². The van der Waals surface area contributed by atoms with Crippen LogP contribution < -0.4 is 5.32 Å². The molecule has 1 saturated heterocycles. The van der Waals surface area contributed by atoms with Crippen molar-refractivity contribution in [3.8, 4) is 0 Å². The number of nitrogens with zero attached hydrogens (tertiary/aromatic N) is 2. The quantitative estimate of drug-likeness (QED) is 0.888. The molecule has 0 saturated carbocycles. The Kier molecular flexibility index (Phi) is 5.59. The number of hydrogen-bond donors (Lipinski definition) is 1. The van der Waals surface area contributed by atoms with Crippen LogP contribution in [0.2, 0.25) is 0 Å². The minimum Gasteiger partial charge on any atom is -0.308 e. The summed E-state index contributed by atoms with van der Waals surface area (Å²) in [5.41, 5.74) is 2.36. The van der Waals surface area contributed by atoms with E-state index in [2.05, 4.69) is 44.9 Å². The van der Waals surface area contributed by atoms with E-state index in [9.17, 15) is 4.21 Å². The molecule has 1 aromatic heterocycles. The molecule has 0 unspecified atom stereocenters. The molecule has 1 aromatic rings. The van der Waals surface area contributed by atoms with Crippen molar-refractivity contribution >= 4 is 26.7 Å². The van der Waals surface area contributed by atoms with Gasteiger partial charge < -0.3 is 5.32 Å². The summed E-state index contributed by atoms with van der Waals surface area (Å²) in [7, 11) is -0.583. The van der Waals surface area contributed by atoms with Crippen LogP contribution in [0, 0.1) is 0 Å². The van der Waals surface area contributed by atoms with E-state index >= 15 is 0 Å². The van der Waals surface area contributed by atoms with Gasteiger partial charge in [-0.15, -0.1) is 0 Å². The van der Waals surface area contributed by atoms with Gasteiger partial charge in [0.2, 0.25) is 0 Å². The van der Waals surface area contributed by atoms with Crippen molar-refractivity contribution in [3.05, 3.63) is 15.9 Å². The Balaban J connectivity index is 1.98. The van der Waals surface area contributed by atoms with Crippen LogP contribution in [-0.4, -0.2) is 31.5 Å². The second-order valence-corrected chi connectivity index (χ2v) is 7.37. The van der Waals surface area contributed by atoms with Gasteiger partial charge in [-0.2, -0.15) is 5.10 Å². The predicted octanol–water partition coefficient (Wildman–Crippen LogP) is 2.23. The summed E-state index contributed by atoms with van der Waals surface area (Å²) in [6.45, 7) is 5.97. The lowest BCUT2D eigenvalue weighted by Crippen LogP contribution is -2.35. The van der Waals surface area contributed by atoms with Crippen molar-refractivity contribution in [2.24, 2.45) is 0 Å². The molecule has 0 aliphatic carbocycles. The fraction of sp³-hybridized carbons (Fsp3) is 0.769. The van der Waals surface area contributed by atoms with Gasteiger partial charge in [0.15, 0.2) is 0 Å². The Hall–Kier alpha value is -0.200. The van der Waals surface area contributed by atoms with Gasteiger partial charge in [-0.05, 0) is 42.1 Å². The Morgan fingerprint density at radius 3 is 2.68 bits per heavy atom. The highest BCUT2D eigenvalue weighted by atomic mass is 79.9. The largest absolute Gasteiger partial charge is 0.308 e. The molecule has 0 amide bonds. The van der Waals surface area contributed by atoms with E-state index in [0.29, 0.717) is 6.04 Å². The molecule has 0 spiro atoms. The van der Waals surface area contributed by atoms with Crippen molar-refractivity contribution in [1.29, 1.82) is 0 Å². The Bertz CT molecular complexity index is 451. The van der Waals surface area contributed by atoms with Crippen molar-refractivity contribution < 1.29 is 4.21 Å². The number of rotatable bonds is 5. The predicted molar refractivity (Wildman–Crippen MR) is 82.7 cm³/mol. The SMILES string of the molecule is CCc1nn(CC)c(CNC2CCS(=O)CC2)c1Br. The average Bonchev–Trinajstić information content (AvgIpc) is 2.74. The molecule has 2 heterocycles. The summed E-state index contributed by atoms with van der Waals surface area (Å²) >= 11 is 3.67. The third kappa shape index (κ3) is 3.67. The zero-order valence-corrected chi connectivity index (χ0v) is 14.0. The summed E-state index contributed by atoms with van der Waals surface area (Å²) in [5.74, 6) is 1.68. The third-order valence-corrected chi connectivity index (χ3v) is 5.94. The number of hydrogen-bond acceptors (Lipinski definition) is 3. The maximum Gasteiger partial charge on any atom is 0.0767 e. The van der Waals surface area contributed by atoms with Crippen molar-refractivity contribution in [2.75, 3.05) is 11.5 Å². The summed E-state index contributed by atoms with van der Waals surface area (Å²) < 4.78 is 14.6. The second kappa shape index (κ2) is 6.99. The van der Waals surface area contributed by atoms with Crippen LogP contribution in [0.1, 0.15) is 38.1 Å². The lowest BCUT2D eigenvalue weighted by molar-refractivity contribution is 0.459. The van der Waals surface area contributed by atoms with E-state index < -0.39 is 10.8 Å². The monoisotopic (exact) mass is 347 g/mol. The normalized spacial score (nSPS) is 23.7. The van der Waals surface area contributed by atoms with Crippen molar-refractivity contribution in [1.82, 2.24) is 15.1 Å². The van der Waals surface area contributed by atoms with Crippen molar-refractivity contribution in [3.63, 3.8) is 0 Å². The number of halogens is 1. The Morgan fingerprint density at radius 2 is 2.11 bits per heavy atom. The van der Waals surface area contributed by atoms with Gasteiger partial charge in [0.1, 0.15) is 0 Å². The zero-order valence-electron chi connectivity index (χ0n) is 11.6. The average molecular weight is 348 g/mol. The lowest BCUT2D eigenvalue weighted by Gasteiger charge is -2.22. The number of aryl methyl sites for hydroxylation is 2. The smallest absolute Gasteiger partial charge is 0.0767 e. The molecule has 0 atom stereocenters. The van der Waals surface area contributed by atoms with E-state index in [0.717, 1.165) is 54.0 Å². The number of aromatic nitrogens is 2. The Morgan fingerprint density at radius 1 is 1.42 bits per heavy atom. The topological polar surface area (TPSA) is 46.9 Å². The van der Waals surface area contributed by atoms with Gasteiger partial charge in [-0.1, -0.05) is 6.92 Å². The molecule has 0 radical (unpaired) electrons. The molecule has 0 bridgehead atoms. The summed E-state index contributed by atoms with van der Waals surface area (Å²) in [6, 6.07) is 0.495. The van der Waals surface area contributed by atoms with Gasteiger partial charge in [0.05, 0.1) is 15.9 Å². The van der Waals surface area contributed by atoms with Gasteiger partial charge in [0, 0.05) is 41.4 Å². The number of nitrogens with one attached hydrogen (secondary N) is 1. The first-order valence-corrected chi connectivity index (χ1v) is 9.26. The molecule has 1 N–H and O–H groups in total. The lowest BCUT2D eigenvalue weighted by atomic mass is 10.1. The standard InChI is InChI=1S/C13H22BrN3OS/c1-3-11-13(14)12(17(4-2)16-11)9-15-10-5-7-19(18)8-6-10/h10,15H,3-9H2,1-2H3. The molecular formula is C13H22BrN3OS. The molecule has 1 fully saturated rings. The summed E-state index contributed by atoms with van der Waals surface area (Å²) in [6.07, 6.45) is 2.99. The molecule has 19 heavy (non-hydrogen) atoms. The van der Waals surface area contributed by atoms with Gasteiger partial charge >= 0.3 is 0 Å². The fourth-order valence-corrected chi connectivity index (χ4v) is 4.43. The van der Waals surface area contributed by atoms with Crippen LogP contribution in [0.3, 0.4) is 0 Å². The molecule has 108 valence electrons. The molecule has 2 rings (SSSR count). The minimum absolute atomic E-state index is 0.495. The van der Waals surface area contributed by atoms with Gasteiger partial charge in [-0.3, -0.25) is 8.89 Å². The second-order valence-electron chi connectivity index (χ2n) is 4.88. The Labute approximate surface area is 125 Å². The fourth-order valence-electron chi connectivity index (χ4n) is 2.43. The van der Waals surface area contributed by atoms with Crippen LogP contribution in [0.5, 0.6) is 0 Å². The highest BCUT2D eigenvalue weighted by Gasteiger charge is 2.19. The molecular weight excluding hydrogens is 326 g/mol. The van der Waals surface area contributed by atoms with Gasteiger partial charge in [-0.25, -0.2) is 0 Å². The van der Waals surface area contributed by atoms with Crippen LogP contribution in [0.15, 0.2) is 4.47 Å². The first-order valence-electron chi connectivity index (χ1n) is 6.98. The van der Waals surface area contributed by atoms with Crippen LogP contribution in [0.4, 0.5) is 0 Å². The highest BCUT2D eigenvalue weighted by molar-refractivity contribution is 9.10. The van der Waals surface area contributed by atoms with E-state index in [1.54, 1.807) is 0 Å². The highest BCUT2D eigenvalue weighted by Crippen LogP contribution is 2.22. The first-order chi connectivity index (χ1) is 9.15. The molecule has 6 heteroatoms. The van der Waals surface area contributed by atoms with Crippen LogP contribution in [0.25, 0.3) is 0 Å². The van der Waals surface area contributed by atoms with E-state index in [-0.39, 0.29) is 0 Å². The molecule has 0 aromatic carbocycles. The van der Waals surface area contributed by atoms with Gasteiger partial charge in [0.25, 0.3) is 0 Å². The van der Waals surface area contributed by atoms with E-state index in [1.807, 2.05) is 0 Å². The van der Waals surface area contributed by atoms with Crippen molar-refractivity contribution in [2.45, 2.75) is 52.2 Å². The minimum atomic E-state index is -0.583. The molecule has 1 aliphatic heterocycles. The molecule has 1 aliphatic rings. The summed E-state index contributed by atoms with van der Waals surface area (Å²) in [5, 5.41) is 8.19. The maximum atomic E-state index is 11.3. The van der Waals surface area contributed by atoms with E-state index in [4.69, 9.17) is 0 Å². The first kappa shape index (κ1) is 15.2. The zero-order chi connectivity index (χ0) is 13.8. The third-order valence-electron chi connectivity index (χ3n) is 3.64. The van der Waals surface area contributed by atoms with Crippen LogP contribution >= 0.6 is 15.9 Å². The summed E-state index contributed by atoms with van der Waals surface area (Å²) in [4.78, 5) is 0. The molecule has 4 nitrogen and oxygen atoms in total. The maximum absolute atomic E-state index is 11.3. The van der Waals surface area contributed by atoms with E-state index in [1.165, 1.54) is 5.69 Å².